The molecule has 0 spiro atoms. The summed E-state index contributed by atoms with van der Waals surface area (Å²) in [4.78, 5) is 11.5. The maximum atomic E-state index is 5.42. The molecule has 0 amide bonds. The summed E-state index contributed by atoms with van der Waals surface area (Å²) in [6.45, 7) is 4.81. The molecular formula is C14H20N4OS. The van der Waals surface area contributed by atoms with E-state index in [1.807, 2.05) is 7.05 Å². The summed E-state index contributed by atoms with van der Waals surface area (Å²) in [6.07, 6.45) is 2.16. The fraction of sp³-hybridized carbons (Fsp3) is 0.571. The Morgan fingerprint density at radius 2 is 2.35 bits per heavy atom. The van der Waals surface area contributed by atoms with Crippen molar-refractivity contribution in [3.05, 3.63) is 10.9 Å². The molecule has 1 aliphatic heterocycles. The van der Waals surface area contributed by atoms with Gasteiger partial charge in [-0.05, 0) is 18.9 Å². The fourth-order valence-electron chi connectivity index (χ4n) is 2.38. The molecule has 1 atom stereocenters. The third-order valence-electron chi connectivity index (χ3n) is 3.60. The summed E-state index contributed by atoms with van der Waals surface area (Å²) in [5.74, 6) is 2.19. The average molecular weight is 292 g/mol. The quantitative estimate of drug-likeness (QED) is 0.887. The average Bonchev–Trinajstić information content (AvgIpc) is 3.12. The van der Waals surface area contributed by atoms with Crippen molar-refractivity contribution in [2.24, 2.45) is 5.92 Å². The van der Waals surface area contributed by atoms with E-state index in [2.05, 4.69) is 33.6 Å². The normalized spacial score (nSPS) is 18.6. The largest absolute Gasteiger partial charge is 0.381 e. The molecule has 2 aromatic heterocycles. The van der Waals surface area contributed by atoms with Crippen molar-refractivity contribution in [2.75, 3.05) is 37.4 Å². The molecule has 0 aromatic carbocycles. The second kappa shape index (κ2) is 5.93. The molecule has 1 aliphatic rings. The number of hydrogen-bond donors (Lipinski definition) is 2. The summed E-state index contributed by atoms with van der Waals surface area (Å²) >= 11 is 1.74. The third-order valence-corrected chi connectivity index (χ3v) is 4.77. The highest BCUT2D eigenvalue weighted by Gasteiger charge is 2.17. The molecule has 2 N–H and O–H groups in total. The van der Waals surface area contributed by atoms with E-state index in [1.165, 1.54) is 4.88 Å². The first-order valence-electron chi connectivity index (χ1n) is 7.10. The maximum absolute atomic E-state index is 5.42. The summed E-state index contributed by atoms with van der Waals surface area (Å²) < 4.78 is 5.42. The minimum absolute atomic E-state index is 0.585. The number of aromatic nitrogens is 2. The Hall–Kier alpha value is -1.40. The van der Waals surface area contributed by atoms with Gasteiger partial charge >= 0.3 is 0 Å². The highest BCUT2D eigenvalue weighted by Crippen LogP contribution is 2.30. The Morgan fingerprint density at radius 1 is 1.45 bits per heavy atom. The van der Waals surface area contributed by atoms with Gasteiger partial charge in [0.15, 0.2) is 0 Å². The highest BCUT2D eigenvalue weighted by atomic mass is 32.1. The molecule has 0 bridgehead atoms. The minimum atomic E-state index is 0.585. The number of anilines is 2. The lowest BCUT2D eigenvalue weighted by Gasteiger charge is -2.11. The Kier molecular flexibility index (Phi) is 4.03. The number of hydrogen-bond acceptors (Lipinski definition) is 6. The van der Waals surface area contributed by atoms with Crippen molar-refractivity contribution in [1.29, 1.82) is 0 Å². The second-order valence-corrected chi connectivity index (χ2v) is 6.16. The molecule has 0 aliphatic carbocycles. The molecule has 0 radical (unpaired) electrons. The van der Waals surface area contributed by atoms with E-state index in [-0.39, 0.29) is 0 Å². The Labute approximate surface area is 122 Å². The van der Waals surface area contributed by atoms with E-state index in [0.29, 0.717) is 11.9 Å². The summed E-state index contributed by atoms with van der Waals surface area (Å²) in [7, 11) is 1.85. The van der Waals surface area contributed by atoms with Gasteiger partial charge in [0, 0.05) is 31.0 Å². The van der Waals surface area contributed by atoms with E-state index >= 15 is 0 Å². The number of thiophene rings is 1. The summed E-state index contributed by atoms with van der Waals surface area (Å²) in [5.41, 5.74) is 0. The molecule has 108 valence electrons. The van der Waals surface area contributed by atoms with E-state index in [4.69, 9.17) is 4.74 Å². The Morgan fingerprint density at radius 3 is 3.05 bits per heavy atom. The van der Waals surface area contributed by atoms with Gasteiger partial charge in [0.05, 0.1) is 12.0 Å². The van der Waals surface area contributed by atoms with Gasteiger partial charge in [0.25, 0.3) is 0 Å². The zero-order valence-corrected chi connectivity index (χ0v) is 12.7. The van der Waals surface area contributed by atoms with Crippen LogP contribution in [0.3, 0.4) is 0 Å². The Balaban J connectivity index is 1.87. The number of aryl methyl sites for hydroxylation is 1. The van der Waals surface area contributed by atoms with Crippen LogP contribution in [0, 0.1) is 5.92 Å². The smallest absolute Gasteiger partial charge is 0.225 e. The van der Waals surface area contributed by atoms with Crippen LogP contribution in [0.5, 0.6) is 0 Å². The molecule has 1 unspecified atom stereocenters. The molecule has 20 heavy (non-hydrogen) atoms. The van der Waals surface area contributed by atoms with E-state index in [9.17, 15) is 0 Å². The van der Waals surface area contributed by atoms with Gasteiger partial charge in [-0.1, -0.05) is 6.92 Å². The van der Waals surface area contributed by atoms with Crippen LogP contribution in [0.2, 0.25) is 0 Å². The van der Waals surface area contributed by atoms with Gasteiger partial charge in [-0.25, -0.2) is 4.98 Å². The van der Waals surface area contributed by atoms with Gasteiger partial charge in [0.1, 0.15) is 10.6 Å². The second-order valence-electron chi connectivity index (χ2n) is 5.04. The van der Waals surface area contributed by atoms with Gasteiger partial charge < -0.3 is 15.4 Å². The molecule has 3 rings (SSSR count). The number of nitrogens with zero attached hydrogens (tertiary/aromatic N) is 2. The lowest BCUT2D eigenvalue weighted by Crippen LogP contribution is -2.15. The minimum Gasteiger partial charge on any atom is -0.381 e. The molecule has 5 nitrogen and oxygen atoms in total. The van der Waals surface area contributed by atoms with Crippen LogP contribution in [-0.4, -0.2) is 36.8 Å². The van der Waals surface area contributed by atoms with Crippen molar-refractivity contribution in [2.45, 2.75) is 19.8 Å². The van der Waals surface area contributed by atoms with E-state index in [0.717, 1.165) is 48.6 Å². The molecule has 1 saturated heterocycles. The van der Waals surface area contributed by atoms with Crippen molar-refractivity contribution in [3.8, 4) is 0 Å². The van der Waals surface area contributed by atoms with Crippen LogP contribution in [0.4, 0.5) is 11.8 Å². The van der Waals surface area contributed by atoms with Crippen LogP contribution >= 0.6 is 11.3 Å². The lowest BCUT2D eigenvalue weighted by atomic mass is 10.1. The predicted octanol–water partition coefficient (Wildman–Crippen LogP) is 2.74. The highest BCUT2D eigenvalue weighted by molar-refractivity contribution is 7.18. The predicted molar refractivity (Wildman–Crippen MR) is 83.8 cm³/mol. The molecule has 0 saturated carbocycles. The fourth-order valence-corrected chi connectivity index (χ4v) is 3.34. The zero-order valence-electron chi connectivity index (χ0n) is 11.9. The molecule has 3 heterocycles. The van der Waals surface area contributed by atoms with Gasteiger partial charge in [0.2, 0.25) is 5.95 Å². The molecule has 1 fully saturated rings. The van der Waals surface area contributed by atoms with Crippen LogP contribution in [-0.2, 0) is 11.2 Å². The van der Waals surface area contributed by atoms with Crippen LogP contribution < -0.4 is 10.6 Å². The Bertz CT molecular complexity index is 592. The summed E-state index contributed by atoms with van der Waals surface area (Å²) in [5, 5.41) is 7.64. The molecule has 2 aromatic rings. The number of rotatable bonds is 5. The maximum Gasteiger partial charge on any atom is 0.225 e. The first kappa shape index (κ1) is 13.6. The van der Waals surface area contributed by atoms with Gasteiger partial charge in [-0.2, -0.15) is 4.98 Å². The van der Waals surface area contributed by atoms with Crippen molar-refractivity contribution in [1.82, 2.24) is 9.97 Å². The number of fused-ring (bicyclic) bond motifs is 1. The van der Waals surface area contributed by atoms with Crippen molar-refractivity contribution >= 4 is 33.3 Å². The molecular weight excluding hydrogens is 272 g/mol. The van der Waals surface area contributed by atoms with Crippen LogP contribution in [0.1, 0.15) is 18.2 Å². The first-order chi connectivity index (χ1) is 9.80. The van der Waals surface area contributed by atoms with Crippen LogP contribution in [0.15, 0.2) is 6.07 Å². The first-order valence-corrected chi connectivity index (χ1v) is 7.91. The van der Waals surface area contributed by atoms with Crippen molar-refractivity contribution < 1.29 is 4.74 Å². The molecule has 6 heteroatoms. The monoisotopic (exact) mass is 292 g/mol. The SMILES string of the molecule is CCc1cc2c(NCC3CCOC3)nc(NC)nc2s1. The number of nitrogens with one attached hydrogen (secondary N) is 2. The van der Waals surface area contributed by atoms with Gasteiger partial charge in [-0.15, -0.1) is 11.3 Å². The van der Waals surface area contributed by atoms with E-state index in [1.54, 1.807) is 11.3 Å². The summed E-state index contributed by atoms with van der Waals surface area (Å²) in [6, 6.07) is 2.20. The lowest BCUT2D eigenvalue weighted by molar-refractivity contribution is 0.187. The van der Waals surface area contributed by atoms with Crippen molar-refractivity contribution in [3.63, 3.8) is 0 Å². The third kappa shape index (κ3) is 2.71. The van der Waals surface area contributed by atoms with Gasteiger partial charge in [-0.3, -0.25) is 0 Å². The van der Waals surface area contributed by atoms with Crippen LogP contribution in [0.25, 0.3) is 10.2 Å². The topological polar surface area (TPSA) is 59.1 Å². The standard InChI is InChI=1S/C14H20N4OS/c1-3-10-6-11-12(16-7-9-4-5-19-8-9)17-14(15-2)18-13(11)20-10/h6,9H,3-5,7-8H2,1-2H3,(H2,15,16,17,18). The number of ether oxygens (including phenoxy) is 1. The van der Waals surface area contributed by atoms with E-state index < -0.39 is 0 Å². The zero-order chi connectivity index (χ0) is 13.9.